The topological polar surface area (TPSA) is 55.4 Å². The van der Waals surface area contributed by atoms with Crippen molar-refractivity contribution in [3.63, 3.8) is 0 Å². The van der Waals surface area contributed by atoms with Crippen LogP contribution in [0.15, 0.2) is 30.3 Å². The molecular formula is C13H20BrNO3S. The van der Waals surface area contributed by atoms with Crippen LogP contribution in [-0.4, -0.2) is 33.2 Å². The van der Waals surface area contributed by atoms with Crippen LogP contribution in [0.4, 0.5) is 0 Å². The maximum absolute atomic E-state index is 12.1. The van der Waals surface area contributed by atoms with Crippen molar-refractivity contribution in [3.8, 4) is 0 Å². The molecule has 0 saturated heterocycles. The van der Waals surface area contributed by atoms with Gasteiger partial charge in [0, 0.05) is 19.0 Å². The van der Waals surface area contributed by atoms with Crippen LogP contribution in [0.2, 0.25) is 0 Å². The van der Waals surface area contributed by atoms with Gasteiger partial charge < -0.3 is 4.74 Å². The first-order valence-electron chi connectivity index (χ1n) is 6.05. The molecule has 0 radical (unpaired) electrons. The van der Waals surface area contributed by atoms with E-state index < -0.39 is 15.6 Å². The first-order chi connectivity index (χ1) is 8.93. The van der Waals surface area contributed by atoms with Crippen molar-refractivity contribution in [1.82, 2.24) is 4.72 Å². The van der Waals surface area contributed by atoms with Crippen molar-refractivity contribution in [1.29, 1.82) is 0 Å². The summed E-state index contributed by atoms with van der Waals surface area (Å²) in [6, 6.07) is 9.54. The van der Waals surface area contributed by atoms with Crippen LogP contribution in [0, 0.1) is 0 Å². The van der Waals surface area contributed by atoms with Gasteiger partial charge in [0.15, 0.2) is 0 Å². The monoisotopic (exact) mass is 349 g/mol. The summed E-state index contributed by atoms with van der Waals surface area (Å²) in [5, 5.41) is 0.507. The molecule has 6 heteroatoms. The van der Waals surface area contributed by atoms with Crippen LogP contribution in [0.1, 0.15) is 18.9 Å². The zero-order valence-electron chi connectivity index (χ0n) is 11.2. The van der Waals surface area contributed by atoms with Gasteiger partial charge in [-0.1, -0.05) is 46.3 Å². The fourth-order valence-corrected chi connectivity index (χ4v) is 3.88. The zero-order valence-corrected chi connectivity index (χ0v) is 13.6. The maximum Gasteiger partial charge on any atom is 0.212 e. The molecule has 0 aliphatic rings. The second kappa shape index (κ2) is 7.38. The third-order valence-corrected chi connectivity index (χ3v) is 5.53. The van der Waals surface area contributed by atoms with Gasteiger partial charge in [-0.2, -0.15) is 0 Å². The molecule has 1 unspecified atom stereocenters. The number of rotatable bonds is 8. The largest absolute Gasteiger partial charge is 0.385 e. The number of methoxy groups -OCH3 is 1. The van der Waals surface area contributed by atoms with Crippen molar-refractivity contribution < 1.29 is 13.2 Å². The Hall–Kier alpha value is -0.430. The molecule has 1 aromatic carbocycles. The van der Waals surface area contributed by atoms with E-state index >= 15 is 0 Å². The molecule has 1 N–H and O–H groups in total. The fraction of sp³-hybridized carbons (Fsp3) is 0.538. The van der Waals surface area contributed by atoms with E-state index in [-0.39, 0.29) is 5.75 Å². The standard InChI is InChI=1S/C13H20BrNO3S/c1-13(11-14,12-7-4-3-5-8-12)15-19(16,17)10-6-9-18-2/h3-5,7-8,15H,6,9-11H2,1-2H3. The summed E-state index contributed by atoms with van der Waals surface area (Å²) in [5.74, 6) is 0.0657. The van der Waals surface area contributed by atoms with Crippen LogP contribution in [0.3, 0.4) is 0 Å². The van der Waals surface area contributed by atoms with Crippen molar-refractivity contribution in [2.24, 2.45) is 0 Å². The van der Waals surface area contributed by atoms with Gasteiger partial charge in [0.1, 0.15) is 0 Å². The van der Waals surface area contributed by atoms with Gasteiger partial charge in [-0.3, -0.25) is 0 Å². The lowest BCUT2D eigenvalue weighted by atomic mass is 9.96. The Morgan fingerprint density at radius 1 is 1.32 bits per heavy atom. The normalized spacial score (nSPS) is 15.1. The summed E-state index contributed by atoms with van der Waals surface area (Å²) in [5.41, 5.74) is 0.287. The third kappa shape index (κ3) is 5.22. The lowest BCUT2D eigenvalue weighted by molar-refractivity contribution is 0.199. The minimum absolute atomic E-state index is 0.0657. The van der Waals surface area contributed by atoms with Crippen molar-refractivity contribution in [3.05, 3.63) is 35.9 Å². The molecule has 0 aromatic heterocycles. The minimum atomic E-state index is -3.33. The van der Waals surface area contributed by atoms with E-state index in [1.165, 1.54) is 0 Å². The number of halogens is 1. The van der Waals surface area contributed by atoms with E-state index in [2.05, 4.69) is 20.7 Å². The van der Waals surface area contributed by atoms with E-state index in [9.17, 15) is 8.42 Å². The lowest BCUT2D eigenvalue weighted by Gasteiger charge is -2.29. The van der Waals surface area contributed by atoms with Crippen molar-refractivity contribution in [2.75, 3.05) is 24.8 Å². The average Bonchev–Trinajstić information content (AvgIpc) is 2.39. The molecule has 4 nitrogen and oxygen atoms in total. The number of hydrogen-bond donors (Lipinski definition) is 1. The summed E-state index contributed by atoms with van der Waals surface area (Å²) in [4.78, 5) is 0. The first-order valence-corrected chi connectivity index (χ1v) is 8.83. The predicted octanol–water partition coefficient (Wildman–Crippen LogP) is 2.25. The molecule has 0 amide bonds. The Morgan fingerprint density at radius 2 is 1.95 bits per heavy atom. The molecule has 1 aromatic rings. The van der Waals surface area contributed by atoms with E-state index in [4.69, 9.17) is 4.74 Å². The molecule has 0 heterocycles. The quantitative estimate of drug-likeness (QED) is 0.578. The first kappa shape index (κ1) is 16.6. The highest BCUT2D eigenvalue weighted by atomic mass is 79.9. The van der Waals surface area contributed by atoms with E-state index in [0.717, 1.165) is 5.56 Å². The van der Waals surface area contributed by atoms with Crippen molar-refractivity contribution in [2.45, 2.75) is 18.9 Å². The van der Waals surface area contributed by atoms with Gasteiger partial charge in [0.2, 0.25) is 10.0 Å². The SMILES string of the molecule is COCCCS(=O)(=O)NC(C)(CBr)c1ccccc1. The van der Waals surface area contributed by atoms with Gasteiger partial charge >= 0.3 is 0 Å². The van der Waals surface area contributed by atoms with E-state index in [1.807, 2.05) is 37.3 Å². The molecule has 1 atom stereocenters. The highest BCUT2D eigenvalue weighted by Gasteiger charge is 2.30. The fourth-order valence-electron chi connectivity index (χ4n) is 1.76. The predicted molar refractivity (Wildman–Crippen MR) is 81.0 cm³/mol. The van der Waals surface area contributed by atoms with Crippen molar-refractivity contribution >= 4 is 26.0 Å². The average molecular weight is 350 g/mol. The molecule has 0 spiro atoms. The minimum Gasteiger partial charge on any atom is -0.385 e. The smallest absolute Gasteiger partial charge is 0.212 e. The Labute approximate surface area is 123 Å². The number of ether oxygens (including phenoxy) is 1. The van der Waals surface area contributed by atoms with Gasteiger partial charge in [0.25, 0.3) is 0 Å². The molecule has 0 saturated carbocycles. The molecule has 0 aliphatic heterocycles. The molecule has 1 rings (SSSR count). The summed E-state index contributed by atoms with van der Waals surface area (Å²) in [6.45, 7) is 2.31. The number of benzene rings is 1. The summed E-state index contributed by atoms with van der Waals surface area (Å²) in [7, 11) is -1.77. The number of alkyl halides is 1. The second-order valence-corrected chi connectivity index (χ2v) is 7.00. The van der Waals surface area contributed by atoms with Crippen LogP contribution >= 0.6 is 15.9 Å². The number of nitrogens with one attached hydrogen (secondary N) is 1. The second-order valence-electron chi connectivity index (χ2n) is 4.60. The highest BCUT2D eigenvalue weighted by molar-refractivity contribution is 9.09. The number of sulfonamides is 1. The van der Waals surface area contributed by atoms with Gasteiger partial charge in [-0.05, 0) is 18.9 Å². The molecular weight excluding hydrogens is 330 g/mol. The third-order valence-electron chi connectivity index (χ3n) is 2.82. The Balaban J connectivity index is 2.81. The molecule has 0 fully saturated rings. The van der Waals surface area contributed by atoms with E-state index in [0.29, 0.717) is 18.4 Å². The molecule has 108 valence electrons. The Kier molecular flexibility index (Phi) is 6.46. The van der Waals surface area contributed by atoms with Gasteiger partial charge in [-0.15, -0.1) is 0 Å². The number of hydrogen-bond acceptors (Lipinski definition) is 3. The Bertz CT molecular complexity index is 478. The maximum atomic E-state index is 12.1. The molecule has 0 aliphatic carbocycles. The summed E-state index contributed by atoms with van der Waals surface area (Å²) in [6.07, 6.45) is 0.485. The van der Waals surface area contributed by atoms with Crippen LogP contribution in [0.25, 0.3) is 0 Å². The Morgan fingerprint density at radius 3 is 2.47 bits per heavy atom. The molecule has 0 bridgehead atoms. The highest BCUT2D eigenvalue weighted by Crippen LogP contribution is 2.24. The zero-order chi connectivity index (χ0) is 14.4. The van der Waals surface area contributed by atoms with Gasteiger partial charge in [0.05, 0.1) is 11.3 Å². The van der Waals surface area contributed by atoms with E-state index in [1.54, 1.807) is 7.11 Å². The molecule has 19 heavy (non-hydrogen) atoms. The summed E-state index contributed by atoms with van der Waals surface area (Å²) < 4.78 is 31.8. The van der Waals surface area contributed by atoms with Crippen LogP contribution in [-0.2, 0) is 20.3 Å². The van der Waals surface area contributed by atoms with Gasteiger partial charge in [-0.25, -0.2) is 13.1 Å². The summed E-state index contributed by atoms with van der Waals surface area (Å²) >= 11 is 3.39. The van der Waals surface area contributed by atoms with Crippen LogP contribution in [0.5, 0.6) is 0 Å². The lowest BCUT2D eigenvalue weighted by Crippen LogP contribution is -2.45. The van der Waals surface area contributed by atoms with Crippen LogP contribution < -0.4 is 4.72 Å².